The number of tetrazole rings is 1. The molecule has 0 aliphatic carbocycles. The van der Waals surface area contributed by atoms with Crippen LogP contribution in [-0.4, -0.2) is 76.4 Å². The summed E-state index contributed by atoms with van der Waals surface area (Å²) in [6.07, 6.45) is 3.52. The van der Waals surface area contributed by atoms with Gasteiger partial charge in [0.25, 0.3) is 0 Å². The van der Waals surface area contributed by atoms with E-state index in [2.05, 4.69) is 39.2 Å². The molecule has 1 aliphatic rings. The van der Waals surface area contributed by atoms with Crippen molar-refractivity contribution in [2.75, 3.05) is 46.4 Å². The summed E-state index contributed by atoms with van der Waals surface area (Å²) in [5.41, 5.74) is 0. The Morgan fingerprint density at radius 2 is 1.95 bits per heavy atom. The Hall–Kier alpha value is -1.05. The van der Waals surface area contributed by atoms with Gasteiger partial charge in [0.2, 0.25) is 0 Å². The van der Waals surface area contributed by atoms with Crippen LogP contribution in [0.15, 0.2) is 0 Å². The lowest BCUT2D eigenvalue weighted by Gasteiger charge is -2.38. The minimum Gasteiger partial charge on any atom is -0.383 e. The molecular weight excluding hydrogens is 280 g/mol. The zero-order valence-corrected chi connectivity index (χ0v) is 14.2. The number of likely N-dealkylation sites (N-methyl/N-ethyl adjacent to an activating group) is 1. The van der Waals surface area contributed by atoms with E-state index in [4.69, 9.17) is 4.74 Å². The van der Waals surface area contributed by atoms with Gasteiger partial charge in [-0.25, -0.2) is 4.68 Å². The average Bonchev–Trinajstić information content (AvgIpc) is 3.02. The first-order valence-electron chi connectivity index (χ1n) is 8.51. The van der Waals surface area contributed by atoms with Crippen LogP contribution in [0.1, 0.15) is 45.0 Å². The van der Waals surface area contributed by atoms with E-state index >= 15 is 0 Å². The first-order chi connectivity index (χ1) is 10.8. The van der Waals surface area contributed by atoms with Crippen molar-refractivity contribution in [3.63, 3.8) is 0 Å². The first kappa shape index (κ1) is 17.3. The Morgan fingerprint density at radius 3 is 2.59 bits per heavy atom. The molecule has 0 radical (unpaired) electrons. The highest BCUT2D eigenvalue weighted by molar-refractivity contribution is 4.95. The second kappa shape index (κ2) is 9.17. The van der Waals surface area contributed by atoms with E-state index < -0.39 is 0 Å². The van der Waals surface area contributed by atoms with Crippen LogP contribution in [0.4, 0.5) is 0 Å². The second-order valence-electron chi connectivity index (χ2n) is 5.88. The molecule has 1 aromatic rings. The smallest absolute Gasteiger partial charge is 0.168 e. The van der Waals surface area contributed by atoms with Crippen molar-refractivity contribution in [1.29, 1.82) is 0 Å². The zero-order chi connectivity index (χ0) is 15.8. The van der Waals surface area contributed by atoms with E-state index in [1.54, 1.807) is 7.11 Å². The molecule has 0 aromatic carbocycles. The SMILES string of the molecule is CCCC[C@H](c1nnnn1CCOC)N1CCN(CC)CC1. The predicted molar refractivity (Wildman–Crippen MR) is 85.6 cm³/mol. The topological polar surface area (TPSA) is 59.3 Å². The van der Waals surface area contributed by atoms with E-state index in [0.29, 0.717) is 12.6 Å². The van der Waals surface area contributed by atoms with Crippen LogP contribution in [0.25, 0.3) is 0 Å². The molecule has 0 N–H and O–H groups in total. The van der Waals surface area contributed by atoms with Gasteiger partial charge in [-0.05, 0) is 23.4 Å². The maximum absolute atomic E-state index is 5.17. The molecule has 126 valence electrons. The van der Waals surface area contributed by atoms with Gasteiger partial charge < -0.3 is 9.64 Å². The number of nitrogens with zero attached hydrogens (tertiary/aromatic N) is 6. The van der Waals surface area contributed by atoms with E-state index in [9.17, 15) is 0 Å². The largest absolute Gasteiger partial charge is 0.383 e. The lowest BCUT2D eigenvalue weighted by Crippen LogP contribution is -2.47. The number of unbranched alkanes of at least 4 members (excludes halogenated alkanes) is 1. The fourth-order valence-corrected chi connectivity index (χ4v) is 3.05. The summed E-state index contributed by atoms with van der Waals surface area (Å²) in [7, 11) is 1.71. The van der Waals surface area contributed by atoms with Crippen molar-refractivity contribution in [2.45, 2.75) is 45.7 Å². The Labute approximate surface area is 133 Å². The molecule has 7 nitrogen and oxygen atoms in total. The van der Waals surface area contributed by atoms with E-state index in [0.717, 1.165) is 51.5 Å². The fourth-order valence-electron chi connectivity index (χ4n) is 3.05. The number of piperazine rings is 1. The van der Waals surface area contributed by atoms with Crippen molar-refractivity contribution in [2.24, 2.45) is 0 Å². The van der Waals surface area contributed by atoms with Gasteiger partial charge in [0.05, 0.1) is 19.2 Å². The van der Waals surface area contributed by atoms with Crippen LogP contribution in [0, 0.1) is 0 Å². The van der Waals surface area contributed by atoms with Crippen LogP contribution in [0.5, 0.6) is 0 Å². The summed E-state index contributed by atoms with van der Waals surface area (Å²) < 4.78 is 7.08. The molecule has 22 heavy (non-hydrogen) atoms. The number of hydrogen-bond donors (Lipinski definition) is 0. The minimum atomic E-state index is 0.325. The second-order valence-corrected chi connectivity index (χ2v) is 5.88. The summed E-state index contributed by atoms with van der Waals surface area (Å²) >= 11 is 0. The number of ether oxygens (including phenoxy) is 1. The van der Waals surface area contributed by atoms with Crippen molar-refractivity contribution in [1.82, 2.24) is 30.0 Å². The summed E-state index contributed by atoms with van der Waals surface area (Å²) in [4.78, 5) is 5.05. The molecule has 1 fully saturated rings. The minimum absolute atomic E-state index is 0.325. The third-order valence-electron chi connectivity index (χ3n) is 4.49. The van der Waals surface area contributed by atoms with Crippen molar-refractivity contribution >= 4 is 0 Å². The lowest BCUT2D eigenvalue weighted by atomic mass is 10.1. The molecule has 1 aromatic heterocycles. The van der Waals surface area contributed by atoms with Gasteiger partial charge in [0, 0.05) is 33.3 Å². The molecule has 0 spiro atoms. The standard InChI is InChI=1S/C15H30N6O/c1-4-6-7-14(20-10-8-19(5-2)9-11-20)15-16-17-18-21(15)12-13-22-3/h14H,4-13H2,1-3H3/t14-/m1/s1. The lowest BCUT2D eigenvalue weighted by molar-refractivity contribution is 0.0867. The monoisotopic (exact) mass is 310 g/mol. The van der Waals surface area contributed by atoms with Crippen LogP contribution in [-0.2, 0) is 11.3 Å². The maximum atomic E-state index is 5.17. The van der Waals surface area contributed by atoms with Gasteiger partial charge in [-0.15, -0.1) is 5.10 Å². The van der Waals surface area contributed by atoms with Gasteiger partial charge in [-0.1, -0.05) is 26.7 Å². The quantitative estimate of drug-likeness (QED) is 0.683. The number of hydrogen-bond acceptors (Lipinski definition) is 6. The van der Waals surface area contributed by atoms with Gasteiger partial charge in [0.15, 0.2) is 5.82 Å². The van der Waals surface area contributed by atoms with E-state index in [1.807, 2.05) is 4.68 Å². The van der Waals surface area contributed by atoms with Gasteiger partial charge >= 0.3 is 0 Å². The third kappa shape index (κ3) is 4.47. The number of rotatable bonds is 9. The molecule has 7 heteroatoms. The molecule has 2 rings (SSSR count). The van der Waals surface area contributed by atoms with E-state index in [-0.39, 0.29) is 0 Å². The highest BCUT2D eigenvalue weighted by Gasteiger charge is 2.28. The Balaban J connectivity index is 2.07. The summed E-state index contributed by atoms with van der Waals surface area (Å²) in [6, 6.07) is 0.325. The average molecular weight is 310 g/mol. The zero-order valence-electron chi connectivity index (χ0n) is 14.2. The highest BCUT2D eigenvalue weighted by atomic mass is 16.5. The van der Waals surface area contributed by atoms with Crippen LogP contribution in [0.3, 0.4) is 0 Å². The van der Waals surface area contributed by atoms with Crippen molar-refractivity contribution in [3.05, 3.63) is 5.82 Å². The Kier molecular flexibility index (Phi) is 7.21. The summed E-state index contributed by atoms with van der Waals surface area (Å²) in [5.74, 6) is 0.996. The number of methoxy groups -OCH3 is 1. The van der Waals surface area contributed by atoms with Crippen molar-refractivity contribution < 1.29 is 4.74 Å². The molecule has 0 amide bonds. The van der Waals surface area contributed by atoms with Gasteiger partial charge in [0.1, 0.15) is 0 Å². The summed E-state index contributed by atoms with van der Waals surface area (Å²) in [5, 5.41) is 12.4. The predicted octanol–water partition coefficient (Wildman–Crippen LogP) is 1.19. The molecule has 1 saturated heterocycles. The van der Waals surface area contributed by atoms with Crippen LogP contribution in [0.2, 0.25) is 0 Å². The molecule has 2 heterocycles. The molecule has 1 aliphatic heterocycles. The Bertz CT molecular complexity index is 416. The molecular formula is C15H30N6O. The third-order valence-corrected chi connectivity index (χ3v) is 4.49. The van der Waals surface area contributed by atoms with Gasteiger partial charge in [-0.2, -0.15) is 0 Å². The fraction of sp³-hybridized carbons (Fsp3) is 0.933. The van der Waals surface area contributed by atoms with Crippen LogP contribution < -0.4 is 0 Å². The normalized spacial score (nSPS) is 18.7. The molecule has 0 saturated carbocycles. The Morgan fingerprint density at radius 1 is 1.18 bits per heavy atom. The van der Waals surface area contributed by atoms with Crippen LogP contribution >= 0.6 is 0 Å². The van der Waals surface area contributed by atoms with E-state index in [1.165, 1.54) is 12.8 Å². The summed E-state index contributed by atoms with van der Waals surface area (Å²) in [6.45, 7) is 11.4. The molecule has 0 unspecified atom stereocenters. The van der Waals surface area contributed by atoms with Crippen molar-refractivity contribution in [3.8, 4) is 0 Å². The van der Waals surface area contributed by atoms with Gasteiger partial charge in [-0.3, -0.25) is 4.90 Å². The molecule has 1 atom stereocenters. The molecule has 0 bridgehead atoms. The number of aromatic nitrogens is 4. The highest BCUT2D eigenvalue weighted by Crippen LogP contribution is 2.25. The first-order valence-corrected chi connectivity index (χ1v) is 8.51. The maximum Gasteiger partial charge on any atom is 0.168 e.